The molecule has 0 N–H and O–H groups in total. The quantitative estimate of drug-likeness (QED) is 0.201. The summed E-state index contributed by atoms with van der Waals surface area (Å²) < 4.78 is 10.7. The molecular formula is C24H38O4. The van der Waals surface area contributed by atoms with Gasteiger partial charge in [-0.2, -0.15) is 0 Å². The van der Waals surface area contributed by atoms with Crippen molar-refractivity contribution in [3.05, 3.63) is 35.9 Å². The summed E-state index contributed by atoms with van der Waals surface area (Å²) in [7, 11) is 0. The van der Waals surface area contributed by atoms with Gasteiger partial charge in [-0.3, -0.25) is 9.59 Å². The van der Waals surface area contributed by atoms with Crippen molar-refractivity contribution < 1.29 is 19.1 Å². The fraction of sp³-hybridized carbons (Fsp3) is 0.667. The van der Waals surface area contributed by atoms with Gasteiger partial charge >= 0.3 is 11.9 Å². The maximum atomic E-state index is 12.4. The fourth-order valence-electron chi connectivity index (χ4n) is 3.08. The smallest absolute Gasteiger partial charge is 0.320 e. The lowest BCUT2D eigenvalue weighted by Gasteiger charge is -2.15. The van der Waals surface area contributed by atoms with Crippen molar-refractivity contribution in [2.24, 2.45) is 5.92 Å². The summed E-state index contributed by atoms with van der Waals surface area (Å²) in [6.45, 7) is 4.99. The number of rotatable bonds is 16. The molecule has 0 unspecified atom stereocenters. The van der Waals surface area contributed by atoms with Crippen LogP contribution in [0.5, 0.6) is 0 Å². The second kappa shape index (κ2) is 16.1. The Morgan fingerprint density at radius 3 is 1.86 bits per heavy atom. The standard InChI is InChI=1S/C24H38O4/c1-3-5-13-19-27-23(25)22(24(26)28-20-14-6-4-2)18-12-8-11-17-21-15-9-7-10-16-21/h7,9-10,15-16,22H,3-6,8,11-14,17-20H2,1-2H3. The van der Waals surface area contributed by atoms with E-state index in [0.29, 0.717) is 19.6 Å². The molecule has 0 atom stereocenters. The highest BCUT2D eigenvalue weighted by Gasteiger charge is 2.29. The third-order valence-electron chi connectivity index (χ3n) is 4.85. The van der Waals surface area contributed by atoms with Crippen LogP contribution in [0.3, 0.4) is 0 Å². The van der Waals surface area contributed by atoms with E-state index < -0.39 is 17.9 Å². The van der Waals surface area contributed by atoms with E-state index >= 15 is 0 Å². The van der Waals surface area contributed by atoms with E-state index in [-0.39, 0.29) is 0 Å². The highest BCUT2D eigenvalue weighted by molar-refractivity contribution is 5.94. The van der Waals surface area contributed by atoms with Gasteiger partial charge in [0.1, 0.15) is 0 Å². The molecule has 28 heavy (non-hydrogen) atoms. The van der Waals surface area contributed by atoms with Gasteiger partial charge in [-0.1, -0.05) is 82.7 Å². The van der Waals surface area contributed by atoms with Gasteiger partial charge in [0, 0.05) is 0 Å². The van der Waals surface area contributed by atoms with Crippen molar-refractivity contribution in [1.29, 1.82) is 0 Å². The monoisotopic (exact) mass is 390 g/mol. The molecule has 158 valence electrons. The minimum Gasteiger partial charge on any atom is -0.465 e. The van der Waals surface area contributed by atoms with Crippen molar-refractivity contribution in [2.45, 2.75) is 84.5 Å². The average molecular weight is 391 g/mol. The molecular weight excluding hydrogens is 352 g/mol. The Bertz CT molecular complexity index is 503. The van der Waals surface area contributed by atoms with Crippen LogP contribution in [0.2, 0.25) is 0 Å². The highest BCUT2D eigenvalue weighted by atomic mass is 16.6. The molecule has 0 saturated carbocycles. The predicted octanol–water partition coefficient (Wildman–Crippen LogP) is 5.87. The van der Waals surface area contributed by atoms with Crippen molar-refractivity contribution in [2.75, 3.05) is 13.2 Å². The lowest BCUT2D eigenvalue weighted by Crippen LogP contribution is -2.28. The molecule has 0 spiro atoms. The fourth-order valence-corrected chi connectivity index (χ4v) is 3.08. The number of ether oxygens (including phenoxy) is 2. The normalized spacial score (nSPS) is 10.8. The number of benzene rings is 1. The van der Waals surface area contributed by atoms with Gasteiger partial charge in [-0.25, -0.2) is 0 Å². The van der Waals surface area contributed by atoms with Crippen molar-refractivity contribution in [1.82, 2.24) is 0 Å². The van der Waals surface area contributed by atoms with Crippen LogP contribution >= 0.6 is 0 Å². The molecule has 0 saturated heterocycles. The van der Waals surface area contributed by atoms with Gasteiger partial charge in [0.25, 0.3) is 0 Å². The molecule has 4 heteroatoms. The van der Waals surface area contributed by atoms with E-state index in [0.717, 1.165) is 64.2 Å². The first kappa shape index (κ1) is 24.2. The van der Waals surface area contributed by atoms with Crippen molar-refractivity contribution >= 4 is 11.9 Å². The van der Waals surface area contributed by atoms with Crippen LogP contribution in [0.25, 0.3) is 0 Å². The Balaban J connectivity index is 2.39. The van der Waals surface area contributed by atoms with Crippen LogP contribution in [0.15, 0.2) is 30.3 Å². The third-order valence-corrected chi connectivity index (χ3v) is 4.85. The summed E-state index contributed by atoms with van der Waals surface area (Å²) in [6.07, 6.45) is 10.3. The SMILES string of the molecule is CCCCCOC(=O)C(CCCCCc1ccccc1)C(=O)OCCCCC. The van der Waals surface area contributed by atoms with E-state index in [2.05, 4.69) is 38.1 Å². The van der Waals surface area contributed by atoms with Gasteiger partial charge in [0.15, 0.2) is 5.92 Å². The number of hydrogen-bond donors (Lipinski definition) is 0. The Morgan fingerprint density at radius 1 is 0.750 bits per heavy atom. The number of esters is 2. The molecule has 0 bridgehead atoms. The van der Waals surface area contributed by atoms with Crippen LogP contribution < -0.4 is 0 Å². The average Bonchev–Trinajstić information content (AvgIpc) is 2.71. The molecule has 1 aromatic carbocycles. The number of hydrogen-bond acceptors (Lipinski definition) is 4. The van der Waals surface area contributed by atoms with Gasteiger partial charge in [0.05, 0.1) is 13.2 Å². The van der Waals surface area contributed by atoms with Gasteiger partial charge in [0.2, 0.25) is 0 Å². The second-order valence-corrected chi connectivity index (χ2v) is 7.39. The maximum absolute atomic E-state index is 12.4. The van der Waals surface area contributed by atoms with E-state index in [9.17, 15) is 9.59 Å². The van der Waals surface area contributed by atoms with Crippen LogP contribution in [-0.2, 0) is 25.5 Å². The highest BCUT2D eigenvalue weighted by Crippen LogP contribution is 2.16. The van der Waals surface area contributed by atoms with E-state index in [1.165, 1.54) is 5.56 Å². The Morgan fingerprint density at radius 2 is 1.32 bits per heavy atom. The number of carbonyl (C=O) groups excluding carboxylic acids is 2. The summed E-state index contributed by atoms with van der Waals surface area (Å²) >= 11 is 0. The molecule has 0 radical (unpaired) electrons. The van der Waals surface area contributed by atoms with Gasteiger partial charge in [-0.15, -0.1) is 0 Å². The van der Waals surface area contributed by atoms with E-state index in [4.69, 9.17) is 9.47 Å². The molecule has 0 aromatic heterocycles. The lowest BCUT2D eigenvalue weighted by atomic mass is 9.99. The van der Waals surface area contributed by atoms with Crippen LogP contribution in [0.4, 0.5) is 0 Å². The summed E-state index contributed by atoms with van der Waals surface area (Å²) in [5.41, 5.74) is 1.32. The van der Waals surface area contributed by atoms with Crippen molar-refractivity contribution in [3.8, 4) is 0 Å². The van der Waals surface area contributed by atoms with Crippen LogP contribution in [0.1, 0.15) is 83.6 Å². The predicted molar refractivity (Wildman–Crippen MR) is 113 cm³/mol. The zero-order chi connectivity index (χ0) is 20.5. The Hall–Kier alpha value is -1.84. The summed E-state index contributed by atoms with van der Waals surface area (Å²) in [6, 6.07) is 10.4. The molecule has 0 heterocycles. The number of unbranched alkanes of at least 4 members (excludes halogenated alkanes) is 6. The summed E-state index contributed by atoms with van der Waals surface area (Å²) in [5.74, 6) is -1.61. The number of aryl methyl sites for hydroxylation is 1. The zero-order valence-electron chi connectivity index (χ0n) is 17.8. The Kier molecular flexibility index (Phi) is 14.0. The number of carbonyl (C=O) groups is 2. The summed E-state index contributed by atoms with van der Waals surface area (Å²) in [5, 5.41) is 0. The van der Waals surface area contributed by atoms with Gasteiger partial charge in [-0.05, 0) is 37.7 Å². The molecule has 0 aliphatic heterocycles. The van der Waals surface area contributed by atoms with Crippen LogP contribution in [-0.4, -0.2) is 25.2 Å². The lowest BCUT2D eigenvalue weighted by molar-refractivity contribution is -0.162. The summed E-state index contributed by atoms with van der Waals surface area (Å²) in [4.78, 5) is 24.8. The first-order chi connectivity index (χ1) is 13.7. The van der Waals surface area contributed by atoms with Gasteiger partial charge < -0.3 is 9.47 Å². The minimum absolute atomic E-state index is 0.389. The molecule has 4 nitrogen and oxygen atoms in total. The van der Waals surface area contributed by atoms with E-state index in [1.807, 2.05) is 6.07 Å². The topological polar surface area (TPSA) is 52.6 Å². The largest absolute Gasteiger partial charge is 0.465 e. The Labute approximate surface area is 171 Å². The molecule has 0 aliphatic carbocycles. The zero-order valence-corrected chi connectivity index (χ0v) is 17.8. The maximum Gasteiger partial charge on any atom is 0.320 e. The first-order valence-corrected chi connectivity index (χ1v) is 11.1. The molecule has 0 aliphatic rings. The third kappa shape index (κ3) is 11.1. The van der Waals surface area contributed by atoms with E-state index in [1.54, 1.807) is 0 Å². The minimum atomic E-state index is -0.778. The molecule has 0 amide bonds. The molecule has 0 fully saturated rings. The first-order valence-electron chi connectivity index (χ1n) is 11.1. The molecule has 1 rings (SSSR count). The van der Waals surface area contributed by atoms with Crippen molar-refractivity contribution in [3.63, 3.8) is 0 Å². The molecule has 1 aromatic rings. The van der Waals surface area contributed by atoms with Crippen LogP contribution in [0, 0.1) is 5.92 Å². The second-order valence-electron chi connectivity index (χ2n) is 7.39.